The lowest BCUT2D eigenvalue weighted by Crippen LogP contribution is -2.53. The van der Waals surface area contributed by atoms with E-state index in [1.54, 1.807) is 19.4 Å². The molecular formula is C27H29Cl2F2N5O3. The number of carbonyl (C=O) groups excluding carboxylic acids is 1. The summed E-state index contributed by atoms with van der Waals surface area (Å²) in [6.45, 7) is 8.99. The molecule has 3 aromatic rings. The summed E-state index contributed by atoms with van der Waals surface area (Å²) < 4.78 is 40.0. The predicted octanol–water partition coefficient (Wildman–Crippen LogP) is 5.98. The highest BCUT2D eigenvalue weighted by molar-refractivity contribution is 6.36. The van der Waals surface area contributed by atoms with Crippen molar-refractivity contribution in [1.29, 1.82) is 0 Å². The molecule has 0 spiro atoms. The maximum absolute atomic E-state index is 14.1. The van der Waals surface area contributed by atoms with Crippen molar-refractivity contribution in [3.8, 4) is 5.75 Å². The van der Waals surface area contributed by atoms with Crippen molar-refractivity contribution in [1.82, 2.24) is 19.7 Å². The van der Waals surface area contributed by atoms with E-state index in [2.05, 4.69) is 16.8 Å². The van der Waals surface area contributed by atoms with Crippen LogP contribution >= 0.6 is 23.2 Å². The number of urea groups is 1. The third-order valence-corrected chi connectivity index (χ3v) is 8.13. The summed E-state index contributed by atoms with van der Waals surface area (Å²) in [6.07, 6.45) is 4.88. The van der Waals surface area contributed by atoms with Crippen LogP contribution in [0.15, 0.2) is 29.0 Å². The van der Waals surface area contributed by atoms with Crippen LogP contribution in [0.3, 0.4) is 0 Å². The van der Waals surface area contributed by atoms with E-state index in [-0.39, 0.29) is 33.2 Å². The molecular weight excluding hydrogens is 551 g/mol. The molecule has 8 nitrogen and oxygen atoms in total. The Morgan fingerprint density at radius 2 is 1.85 bits per heavy atom. The predicted molar refractivity (Wildman–Crippen MR) is 147 cm³/mol. The molecule has 39 heavy (non-hydrogen) atoms. The Balaban J connectivity index is 1.36. The number of benzene rings is 1. The van der Waals surface area contributed by atoms with E-state index in [4.69, 9.17) is 38.1 Å². The Labute approximate surface area is 234 Å². The molecule has 0 saturated carbocycles. The number of nitrogens with two attached hydrogens (primary N) is 1. The van der Waals surface area contributed by atoms with Gasteiger partial charge in [0.15, 0.2) is 11.4 Å². The monoisotopic (exact) mass is 579 g/mol. The van der Waals surface area contributed by atoms with Crippen molar-refractivity contribution in [2.24, 2.45) is 0 Å². The highest BCUT2D eigenvalue weighted by Crippen LogP contribution is 2.42. The Bertz CT molecular complexity index is 1410. The van der Waals surface area contributed by atoms with Crippen molar-refractivity contribution in [3.05, 3.63) is 57.4 Å². The number of hydrogen-bond donors (Lipinski definition) is 1. The van der Waals surface area contributed by atoms with E-state index in [0.717, 1.165) is 43.9 Å². The molecule has 2 aliphatic heterocycles. The van der Waals surface area contributed by atoms with E-state index in [0.29, 0.717) is 36.5 Å². The molecule has 1 aromatic carbocycles. The first kappa shape index (κ1) is 27.5. The molecule has 1 fully saturated rings. The minimum absolute atomic E-state index is 0.0388. The molecule has 0 bridgehead atoms. The fourth-order valence-electron chi connectivity index (χ4n) is 5.07. The van der Waals surface area contributed by atoms with Gasteiger partial charge in [0.1, 0.15) is 17.7 Å². The Morgan fingerprint density at radius 1 is 1.15 bits per heavy atom. The van der Waals surface area contributed by atoms with Crippen molar-refractivity contribution in [2.75, 3.05) is 51.5 Å². The molecule has 208 valence electrons. The molecule has 2 aromatic heterocycles. The van der Waals surface area contributed by atoms with E-state index >= 15 is 0 Å². The number of hydrogen-bond acceptors (Lipinski definition) is 6. The molecule has 2 amide bonds. The fraction of sp³-hybridized carbons (Fsp3) is 0.407. The minimum Gasteiger partial charge on any atom is -0.478 e. The fourth-order valence-corrected chi connectivity index (χ4v) is 5.72. The van der Waals surface area contributed by atoms with Crippen LogP contribution in [0.5, 0.6) is 5.75 Å². The first-order chi connectivity index (χ1) is 18.7. The second-order valence-electron chi connectivity index (χ2n) is 9.64. The zero-order valence-electron chi connectivity index (χ0n) is 21.6. The number of anilines is 1. The molecule has 4 heterocycles. The van der Waals surface area contributed by atoms with Gasteiger partial charge < -0.3 is 29.6 Å². The molecule has 2 aliphatic rings. The number of amides is 2. The first-order valence-corrected chi connectivity index (χ1v) is 13.6. The number of pyridine rings is 1. The zero-order valence-corrected chi connectivity index (χ0v) is 23.2. The highest BCUT2D eigenvalue weighted by atomic mass is 35.5. The SMILES string of the molecule is CCN1CCN(C(=O)N2CC=C(c3coc4c(O[C@H](C)c5c(Cl)c(F)cc(F)c5Cl)c(N)ncc34)CC2)CC1. The average molecular weight is 580 g/mol. The molecule has 0 radical (unpaired) electrons. The summed E-state index contributed by atoms with van der Waals surface area (Å²) in [7, 11) is 0. The van der Waals surface area contributed by atoms with Gasteiger partial charge in [0.25, 0.3) is 0 Å². The summed E-state index contributed by atoms with van der Waals surface area (Å²) in [5.41, 5.74) is 8.21. The quantitative estimate of drug-likeness (QED) is 0.374. The molecule has 0 unspecified atom stereocenters. The van der Waals surface area contributed by atoms with E-state index in [1.807, 2.05) is 15.9 Å². The number of ether oxygens (including phenoxy) is 1. The number of fused-ring (bicyclic) bond motifs is 1. The summed E-state index contributed by atoms with van der Waals surface area (Å²) in [4.78, 5) is 23.4. The summed E-state index contributed by atoms with van der Waals surface area (Å²) >= 11 is 12.1. The van der Waals surface area contributed by atoms with E-state index in [9.17, 15) is 13.6 Å². The number of nitrogens with zero attached hydrogens (tertiary/aromatic N) is 4. The third kappa shape index (κ3) is 5.25. The topological polar surface area (TPSA) is 88.1 Å². The smallest absolute Gasteiger partial charge is 0.320 e. The van der Waals surface area contributed by atoms with Gasteiger partial charge in [0.05, 0.1) is 21.7 Å². The number of furan rings is 1. The Morgan fingerprint density at radius 3 is 2.46 bits per heavy atom. The van der Waals surface area contributed by atoms with Crippen molar-refractivity contribution < 1.29 is 22.7 Å². The average Bonchev–Trinajstić information content (AvgIpc) is 3.38. The maximum Gasteiger partial charge on any atom is 0.320 e. The van der Waals surface area contributed by atoms with Crippen molar-refractivity contribution in [2.45, 2.75) is 26.4 Å². The summed E-state index contributed by atoms with van der Waals surface area (Å²) in [5.74, 6) is -1.75. The summed E-state index contributed by atoms with van der Waals surface area (Å²) in [6, 6.07) is 0.679. The van der Waals surface area contributed by atoms with E-state index < -0.39 is 17.7 Å². The van der Waals surface area contributed by atoms with Gasteiger partial charge in [-0.2, -0.15) is 0 Å². The van der Waals surface area contributed by atoms with Crippen LogP contribution in [0, 0.1) is 11.6 Å². The van der Waals surface area contributed by atoms with Crippen LogP contribution in [0.25, 0.3) is 16.5 Å². The van der Waals surface area contributed by atoms with Gasteiger partial charge in [0.2, 0.25) is 5.75 Å². The number of carbonyl (C=O) groups is 1. The molecule has 5 rings (SSSR count). The second kappa shape index (κ2) is 11.2. The molecule has 1 saturated heterocycles. The zero-order chi connectivity index (χ0) is 27.8. The van der Waals surface area contributed by atoms with Gasteiger partial charge >= 0.3 is 6.03 Å². The minimum atomic E-state index is -0.967. The van der Waals surface area contributed by atoms with Crippen LogP contribution in [0.2, 0.25) is 10.0 Å². The lowest BCUT2D eigenvalue weighted by Gasteiger charge is -2.38. The Kier molecular flexibility index (Phi) is 7.89. The third-order valence-electron chi connectivity index (χ3n) is 7.36. The highest BCUT2D eigenvalue weighted by Gasteiger charge is 2.28. The molecule has 12 heteroatoms. The van der Waals surface area contributed by atoms with Gasteiger partial charge in [-0.1, -0.05) is 36.2 Å². The van der Waals surface area contributed by atoms with Crippen LogP contribution in [-0.2, 0) is 0 Å². The molecule has 1 atom stereocenters. The largest absolute Gasteiger partial charge is 0.478 e. The maximum atomic E-state index is 14.1. The molecule has 2 N–H and O–H groups in total. The first-order valence-electron chi connectivity index (χ1n) is 12.8. The number of piperazine rings is 1. The second-order valence-corrected chi connectivity index (χ2v) is 10.4. The van der Waals surface area contributed by atoms with Gasteiger partial charge in [-0.05, 0) is 25.5 Å². The van der Waals surface area contributed by atoms with Gasteiger partial charge in [0, 0.05) is 62.7 Å². The lowest BCUT2D eigenvalue weighted by atomic mass is 9.99. The van der Waals surface area contributed by atoms with Gasteiger partial charge in [-0.15, -0.1) is 0 Å². The van der Waals surface area contributed by atoms with Gasteiger partial charge in [-0.25, -0.2) is 18.6 Å². The normalized spacial score (nSPS) is 17.4. The lowest BCUT2D eigenvalue weighted by molar-refractivity contribution is 0.117. The van der Waals surface area contributed by atoms with Crippen LogP contribution in [-0.4, -0.2) is 71.5 Å². The van der Waals surface area contributed by atoms with Crippen molar-refractivity contribution in [3.63, 3.8) is 0 Å². The summed E-state index contributed by atoms with van der Waals surface area (Å²) in [5, 5.41) is -0.0198. The number of rotatable bonds is 5. The molecule has 0 aliphatic carbocycles. The van der Waals surface area contributed by atoms with Gasteiger partial charge in [-0.3, -0.25) is 0 Å². The van der Waals surface area contributed by atoms with E-state index in [1.165, 1.54) is 0 Å². The van der Waals surface area contributed by atoms with Crippen molar-refractivity contribution >= 4 is 51.6 Å². The van der Waals surface area contributed by atoms with Crippen LogP contribution in [0.1, 0.15) is 37.5 Å². The van der Waals surface area contributed by atoms with Crippen LogP contribution in [0.4, 0.5) is 19.4 Å². The number of aromatic nitrogens is 1. The Hall–Kier alpha value is -3.08. The number of likely N-dealkylation sites (N-methyl/N-ethyl adjacent to an activating group) is 1. The van der Waals surface area contributed by atoms with Crippen LogP contribution < -0.4 is 10.5 Å². The number of nitrogen functional groups attached to an aromatic ring is 1. The number of halogens is 4. The standard InChI is InChI=1S/C27H29Cl2F2N5O3/c1-3-34-8-10-36(11-9-34)27(37)35-6-4-16(5-7-35)18-14-38-24-17(18)13-33-26(32)25(24)39-15(2)21-22(28)19(30)12-20(31)23(21)29/h4,12-15H,3,5-11H2,1-2H3,(H2,32,33)/t15-/m1/s1.